The van der Waals surface area contributed by atoms with E-state index in [9.17, 15) is 0 Å². The van der Waals surface area contributed by atoms with Crippen LogP contribution in [0.4, 0.5) is 5.69 Å². The molecule has 0 aromatic heterocycles. The number of anilines is 1. The van der Waals surface area contributed by atoms with E-state index < -0.39 is 0 Å². The quantitative estimate of drug-likeness (QED) is 0.701. The molecular weight excluding hydrogens is 356 g/mol. The van der Waals surface area contributed by atoms with Gasteiger partial charge in [-0.3, -0.25) is 0 Å². The van der Waals surface area contributed by atoms with Gasteiger partial charge >= 0.3 is 0 Å². The molecule has 0 aliphatic carbocycles. The first kappa shape index (κ1) is 14.0. The molecule has 18 heavy (non-hydrogen) atoms. The zero-order valence-electron chi connectivity index (χ0n) is 9.18. The number of benzene rings is 2. The van der Waals surface area contributed by atoms with Gasteiger partial charge in [0.25, 0.3) is 0 Å². The van der Waals surface area contributed by atoms with Crippen molar-refractivity contribution < 1.29 is 0 Å². The van der Waals surface area contributed by atoms with Gasteiger partial charge in [0.05, 0.1) is 10.0 Å². The van der Waals surface area contributed by atoms with Crippen molar-refractivity contribution in [2.75, 3.05) is 5.32 Å². The topological polar surface area (TPSA) is 12.0 Å². The molecule has 0 unspecified atom stereocenters. The molecule has 0 fully saturated rings. The maximum Gasteiger partial charge on any atom is 0.0612 e. The second-order valence-corrected chi connectivity index (χ2v) is 5.86. The van der Waals surface area contributed by atoms with E-state index in [-0.39, 0.29) is 0 Å². The molecule has 0 aliphatic rings. The van der Waals surface area contributed by atoms with E-state index in [0.29, 0.717) is 16.6 Å². The minimum atomic E-state index is 0.531. The summed E-state index contributed by atoms with van der Waals surface area (Å²) in [6.45, 7) is 0.629. The molecule has 1 N–H and O–H groups in total. The minimum Gasteiger partial charge on any atom is -0.381 e. The van der Waals surface area contributed by atoms with Crippen LogP contribution in [-0.2, 0) is 6.54 Å². The van der Waals surface area contributed by atoms with Crippen molar-refractivity contribution in [2.24, 2.45) is 0 Å². The number of hydrogen-bond acceptors (Lipinski definition) is 1. The van der Waals surface area contributed by atoms with Gasteiger partial charge in [-0.25, -0.2) is 0 Å². The van der Waals surface area contributed by atoms with Crippen LogP contribution in [0.15, 0.2) is 40.9 Å². The van der Waals surface area contributed by atoms with Crippen LogP contribution in [-0.4, -0.2) is 0 Å². The van der Waals surface area contributed by atoms with Crippen LogP contribution < -0.4 is 5.32 Å². The number of nitrogens with one attached hydrogen (secondary N) is 1. The molecule has 0 saturated heterocycles. The summed E-state index contributed by atoms with van der Waals surface area (Å²) in [6, 6.07) is 11.2. The van der Waals surface area contributed by atoms with E-state index in [1.165, 1.54) is 0 Å². The highest BCUT2D eigenvalue weighted by Crippen LogP contribution is 2.26. The largest absolute Gasteiger partial charge is 0.381 e. The third kappa shape index (κ3) is 3.55. The van der Waals surface area contributed by atoms with Gasteiger partial charge in [-0.05, 0) is 35.9 Å². The Kier molecular flexibility index (Phi) is 4.79. The van der Waals surface area contributed by atoms with Gasteiger partial charge in [0.1, 0.15) is 0 Å². The van der Waals surface area contributed by atoms with Crippen LogP contribution in [0.1, 0.15) is 5.56 Å². The Morgan fingerprint density at radius 2 is 1.67 bits per heavy atom. The molecule has 0 spiro atoms. The summed E-state index contributed by atoms with van der Waals surface area (Å²) in [5.41, 5.74) is 1.93. The standard InChI is InChI=1S/C13H9BrCl3N/c14-9-2-1-8(12(16)5-9)7-18-10-3-4-11(15)13(17)6-10/h1-6,18H,7H2. The first-order chi connectivity index (χ1) is 8.56. The first-order valence-corrected chi connectivity index (χ1v) is 7.12. The monoisotopic (exact) mass is 363 g/mol. The summed E-state index contributed by atoms with van der Waals surface area (Å²) in [7, 11) is 0. The lowest BCUT2D eigenvalue weighted by molar-refractivity contribution is 1.15. The molecule has 0 amide bonds. The SMILES string of the molecule is Clc1ccc(NCc2ccc(Br)cc2Cl)cc1Cl. The van der Waals surface area contributed by atoms with Crippen molar-refractivity contribution >= 4 is 56.4 Å². The zero-order valence-corrected chi connectivity index (χ0v) is 13.0. The van der Waals surface area contributed by atoms with Crippen molar-refractivity contribution in [1.29, 1.82) is 0 Å². The van der Waals surface area contributed by atoms with Crippen molar-refractivity contribution in [2.45, 2.75) is 6.54 Å². The summed E-state index contributed by atoms with van der Waals surface area (Å²) in [5.74, 6) is 0. The maximum absolute atomic E-state index is 6.14. The third-order valence-electron chi connectivity index (χ3n) is 2.42. The summed E-state index contributed by atoms with van der Waals surface area (Å²) in [4.78, 5) is 0. The van der Waals surface area contributed by atoms with E-state index in [2.05, 4.69) is 21.2 Å². The smallest absolute Gasteiger partial charge is 0.0612 e. The van der Waals surface area contributed by atoms with Crippen molar-refractivity contribution in [3.8, 4) is 0 Å². The fraction of sp³-hybridized carbons (Fsp3) is 0.0769. The lowest BCUT2D eigenvalue weighted by Gasteiger charge is -2.09. The van der Waals surface area contributed by atoms with Gasteiger partial charge in [-0.1, -0.05) is 56.8 Å². The average Bonchev–Trinajstić information content (AvgIpc) is 2.32. The zero-order chi connectivity index (χ0) is 13.1. The molecule has 0 atom stereocenters. The predicted octanol–water partition coefficient (Wildman–Crippen LogP) is 6.02. The van der Waals surface area contributed by atoms with Crippen LogP contribution >= 0.6 is 50.7 Å². The molecule has 94 valence electrons. The van der Waals surface area contributed by atoms with E-state index in [1.807, 2.05) is 24.3 Å². The van der Waals surface area contributed by atoms with Gasteiger partial charge in [-0.15, -0.1) is 0 Å². The van der Waals surface area contributed by atoms with Crippen LogP contribution in [0, 0.1) is 0 Å². The maximum atomic E-state index is 6.14. The van der Waals surface area contributed by atoms with Crippen LogP contribution in [0.2, 0.25) is 15.1 Å². The van der Waals surface area contributed by atoms with Crippen molar-refractivity contribution in [3.05, 3.63) is 61.5 Å². The predicted molar refractivity (Wildman–Crippen MR) is 82.9 cm³/mol. The second kappa shape index (κ2) is 6.16. The average molecular weight is 365 g/mol. The highest BCUT2D eigenvalue weighted by Gasteiger charge is 2.02. The molecule has 2 rings (SSSR count). The van der Waals surface area contributed by atoms with Gasteiger partial charge in [0, 0.05) is 21.7 Å². The molecule has 0 aliphatic heterocycles. The lowest BCUT2D eigenvalue weighted by atomic mass is 10.2. The molecule has 0 radical (unpaired) electrons. The van der Waals surface area contributed by atoms with Crippen LogP contribution in [0.25, 0.3) is 0 Å². The lowest BCUT2D eigenvalue weighted by Crippen LogP contribution is -1.99. The molecule has 0 bridgehead atoms. The number of hydrogen-bond donors (Lipinski definition) is 1. The summed E-state index contributed by atoms with van der Waals surface area (Å²) in [5, 5.41) is 5.04. The molecule has 2 aromatic rings. The van der Waals surface area contributed by atoms with E-state index in [0.717, 1.165) is 20.7 Å². The van der Waals surface area contributed by atoms with Crippen LogP contribution in [0.3, 0.4) is 0 Å². The molecule has 2 aromatic carbocycles. The van der Waals surface area contributed by atoms with E-state index in [1.54, 1.807) is 12.1 Å². The van der Waals surface area contributed by atoms with E-state index >= 15 is 0 Å². The normalized spacial score (nSPS) is 10.4. The molecular formula is C13H9BrCl3N. The Balaban J connectivity index is 2.09. The fourth-order valence-electron chi connectivity index (χ4n) is 1.47. The van der Waals surface area contributed by atoms with Gasteiger partial charge in [-0.2, -0.15) is 0 Å². The second-order valence-electron chi connectivity index (χ2n) is 3.72. The first-order valence-electron chi connectivity index (χ1n) is 5.19. The Bertz CT molecular complexity index is 572. The third-order valence-corrected chi connectivity index (χ3v) is 4.00. The van der Waals surface area contributed by atoms with Gasteiger partial charge < -0.3 is 5.32 Å². The fourth-order valence-corrected chi connectivity index (χ4v) is 2.51. The van der Waals surface area contributed by atoms with Gasteiger partial charge in [0.15, 0.2) is 0 Å². The Hall–Kier alpha value is -0.410. The van der Waals surface area contributed by atoms with E-state index in [4.69, 9.17) is 34.8 Å². The highest BCUT2D eigenvalue weighted by atomic mass is 79.9. The van der Waals surface area contributed by atoms with Crippen LogP contribution in [0.5, 0.6) is 0 Å². The van der Waals surface area contributed by atoms with Crippen molar-refractivity contribution in [3.63, 3.8) is 0 Å². The van der Waals surface area contributed by atoms with Crippen molar-refractivity contribution in [1.82, 2.24) is 0 Å². The summed E-state index contributed by atoms with van der Waals surface area (Å²) in [6.07, 6.45) is 0. The number of halogens is 4. The molecule has 5 heteroatoms. The Morgan fingerprint density at radius 3 is 2.33 bits per heavy atom. The summed E-state index contributed by atoms with van der Waals surface area (Å²) < 4.78 is 0.964. The molecule has 0 saturated carbocycles. The Labute approximate surface area is 129 Å². The summed E-state index contributed by atoms with van der Waals surface area (Å²) >= 11 is 21.3. The Morgan fingerprint density at radius 1 is 0.889 bits per heavy atom. The van der Waals surface area contributed by atoms with Gasteiger partial charge in [0.2, 0.25) is 0 Å². The highest BCUT2D eigenvalue weighted by molar-refractivity contribution is 9.10. The molecule has 0 heterocycles. The minimum absolute atomic E-state index is 0.531. The number of rotatable bonds is 3. The molecule has 1 nitrogen and oxygen atoms in total.